The fourth-order valence-electron chi connectivity index (χ4n) is 2.00. The number of anilines is 3. The van der Waals surface area contributed by atoms with Gasteiger partial charge >= 0.3 is 0 Å². The first-order valence-corrected chi connectivity index (χ1v) is 9.10. The van der Waals surface area contributed by atoms with Crippen LogP contribution >= 0.6 is 46.4 Å². The molecule has 0 unspecified atom stereocenters. The largest absolute Gasteiger partial charge is 0.397 e. The molecule has 0 spiro atoms. The van der Waals surface area contributed by atoms with Gasteiger partial charge in [-0.3, -0.25) is 0 Å². The van der Waals surface area contributed by atoms with Gasteiger partial charge in [0.2, 0.25) is 5.95 Å². The third kappa shape index (κ3) is 5.48. The first kappa shape index (κ1) is 20.8. The maximum absolute atomic E-state index is 5.93. The molecular weight excluding hydrogens is 416 g/mol. The van der Waals surface area contributed by atoms with Crippen molar-refractivity contribution in [3.8, 4) is 0 Å². The van der Waals surface area contributed by atoms with E-state index in [1.165, 1.54) is 12.1 Å². The highest BCUT2D eigenvalue weighted by Crippen LogP contribution is 2.29. The minimum Gasteiger partial charge on any atom is -0.397 e. The summed E-state index contributed by atoms with van der Waals surface area (Å²) in [5.41, 5.74) is 13.4. The maximum atomic E-state index is 5.93. The molecule has 0 fully saturated rings. The van der Waals surface area contributed by atoms with Gasteiger partial charge in [0, 0.05) is 5.54 Å². The number of benzene rings is 2. The van der Waals surface area contributed by atoms with E-state index in [1.54, 1.807) is 12.1 Å². The SMILES string of the molecule is CC(C)(C)Nc1nc2cc(Cl)c(Cl)cc2[nH]1.Nc1cc(Cl)c(Cl)cc1N. The molecule has 0 aliphatic carbocycles. The number of aromatic amines is 1. The molecule has 1 heterocycles. The van der Waals surface area contributed by atoms with Crippen LogP contribution in [0.2, 0.25) is 20.1 Å². The number of hydrogen-bond donors (Lipinski definition) is 4. The lowest BCUT2D eigenvalue weighted by Gasteiger charge is -2.19. The van der Waals surface area contributed by atoms with Crippen LogP contribution < -0.4 is 16.8 Å². The zero-order valence-corrected chi connectivity index (χ0v) is 17.4. The summed E-state index contributed by atoms with van der Waals surface area (Å²) in [5, 5.41) is 5.15. The van der Waals surface area contributed by atoms with Crippen LogP contribution in [0.4, 0.5) is 17.3 Å². The van der Waals surface area contributed by atoms with Crippen molar-refractivity contribution >= 4 is 74.8 Å². The van der Waals surface area contributed by atoms with Crippen molar-refractivity contribution in [2.75, 3.05) is 16.8 Å². The topological polar surface area (TPSA) is 92.8 Å². The van der Waals surface area contributed by atoms with E-state index in [1.807, 2.05) is 0 Å². The molecule has 9 heteroatoms. The van der Waals surface area contributed by atoms with Gasteiger partial charge in [-0.25, -0.2) is 4.98 Å². The van der Waals surface area contributed by atoms with E-state index < -0.39 is 0 Å². The molecular formula is C17H19Cl4N5. The lowest BCUT2D eigenvalue weighted by atomic mass is 10.1. The zero-order chi connectivity index (χ0) is 19.6. The Morgan fingerprint density at radius 2 is 1.31 bits per heavy atom. The van der Waals surface area contributed by atoms with E-state index >= 15 is 0 Å². The quantitative estimate of drug-likeness (QED) is 0.341. The summed E-state index contributed by atoms with van der Waals surface area (Å²) in [6, 6.07) is 6.59. The third-order valence-corrected chi connectivity index (χ3v) is 4.59. The van der Waals surface area contributed by atoms with Crippen LogP contribution in [0.15, 0.2) is 24.3 Å². The number of fused-ring (bicyclic) bond motifs is 1. The molecule has 0 saturated heterocycles. The van der Waals surface area contributed by atoms with Crippen molar-refractivity contribution in [3.63, 3.8) is 0 Å². The minimum atomic E-state index is -0.0402. The molecule has 0 amide bonds. The summed E-state index contributed by atoms with van der Waals surface area (Å²) in [5.74, 6) is 0.723. The van der Waals surface area contributed by atoms with Crippen LogP contribution in [0.25, 0.3) is 11.0 Å². The van der Waals surface area contributed by atoms with Gasteiger partial charge in [-0.15, -0.1) is 0 Å². The second-order valence-corrected chi connectivity index (χ2v) is 8.27. The molecule has 2 aromatic carbocycles. The van der Waals surface area contributed by atoms with Crippen molar-refractivity contribution in [3.05, 3.63) is 44.4 Å². The number of halogens is 4. The highest BCUT2D eigenvalue weighted by Gasteiger charge is 2.13. The number of aromatic nitrogens is 2. The monoisotopic (exact) mass is 433 g/mol. The predicted molar refractivity (Wildman–Crippen MR) is 115 cm³/mol. The summed E-state index contributed by atoms with van der Waals surface area (Å²) in [6.45, 7) is 6.21. The summed E-state index contributed by atoms with van der Waals surface area (Å²) in [4.78, 5) is 7.55. The molecule has 0 radical (unpaired) electrons. The molecule has 0 bridgehead atoms. The molecule has 26 heavy (non-hydrogen) atoms. The average molecular weight is 435 g/mol. The van der Waals surface area contributed by atoms with Gasteiger partial charge in [-0.2, -0.15) is 0 Å². The van der Waals surface area contributed by atoms with Crippen LogP contribution in [-0.2, 0) is 0 Å². The molecule has 0 atom stereocenters. The Labute approximate surface area is 172 Å². The Balaban J connectivity index is 0.000000209. The number of nitrogens with two attached hydrogens (primary N) is 2. The van der Waals surface area contributed by atoms with Crippen LogP contribution in [0.5, 0.6) is 0 Å². The highest BCUT2D eigenvalue weighted by atomic mass is 35.5. The molecule has 3 aromatic rings. The van der Waals surface area contributed by atoms with Crippen LogP contribution in [0.1, 0.15) is 20.8 Å². The Kier molecular flexibility index (Phi) is 6.40. The van der Waals surface area contributed by atoms with E-state index in [9.17, 15) is 0 Å². The van der Waals surface area contributed by atoms with E-state index in [-0.39, 0.29) is 5.54 Å². The van der Waals surface area contributed by atoms with Crippen LogP contribution in [-0.4, -0.2) is 15.5 Å². The predicted octanol–water partition coefficient (Wildman–Crippen LogP) is 6.24. The second kappa shape index (κ2) is 8.01. The summed E-state index contributed by atoms with van der Waals surface area (Å²) in [6.07, 6.45) is 0. The van der Waals surface area contributed by atoms with Gasteiger partial charge in [-0.1, -0.05) is 46.4 Å². The van der Waals surface area contributed by atoms with Gasteiger partial charge in [-0.05, 0) is 45.0 Å². The van der Waals surface area contributed by atoms with Gasteiger partial charge in [0.15, 0.2) is 0 Å². The van der Waals surface area contributed by atoms with Gasteiger partial charge in [0.25, 0.3) is 0 Å². The van der Waals surface area contributed by atoms with Gasteiger partial charge in [0.1, 0.15) is 0 Å². The summed E-state index contributed by atoms with van der Waals surface area (Å²) in [7, 11) is 0. The standard InChI is InChI=1S/C11H13Cl2N3.C6H6Cl2N2/c1-11(2,3)16-10-14-8-4-6(12)7(13)5-9(8)15-10;7-3-1-5(9)6(10)2-4(3)8/h4-5H,1-3H3,(H2,14,15,16);1-2H,9-10H2. The number of imidazole rings is 1. The molecule has 0 aliphatic rings. The molecule has 3 rings (SSSR count). The Hall–Kier alpha value is -1.53. The Bertz CT molecular complexity index is 842. The van der Waals surface area contributed by atoms with Gasteiger partial charge in [0.05, 0.1) is 42.5 Å². The number of hydrogen-bond acceptors (Lipinski definition) is 4. The van der Waals surface area contributed by atoms with E-state index in [0.29, 0.717) is 31.5 Å². The van der Waals surface area contributed by atoms with Gasteiger partial charge < -0.3 is 21.8 Å². The number of nitrogen functional groups attached to an aromatic ring is 2. The van der Waals surface area contributed by atoms with E-state index in [2.05, 4.69) is 36.1 Å². The van der Waals surface area contributed by atoms with E-state index in [0.717, 1.165) is 17.0 Å². The van der Waals surface area contributed by atoms with Crippen molar-refractivity contribution in [2.24, 2.45) is 0 Å². The number of nitrogens with zero attached hydrogens (tertiary/aromatic N) is 1. The zero-order valence-electron chi connectivity index (χ0n) is 14.4. The molecule has 5 nitrogen and oxygen atoms in total. The lowest BCUT2D eigenvalue weighted by molar-refractivity contribution is 0.628. The fraction of sp³-hybridized carbons (Fsp3) is 0.235. The lowest BCUT2D eigenvalue weighted by Crippen LogP contribution is -2.26. The Morgan fingerprint density at radius 3 is 1.81 bits per heavy atom. The first-order valence-electron chi connectivity index (χ1n) is 7.59. The normalized spacial score (nSPS) is 11.2. The second-order valence-electron chi connectivity index (χ2n) is 6.64. The van der Waals surface area contributed by atoms with Crippen molar-refractivity contribution in [1.29, 1.82) is 0 Å². The number of nitrogens with one attached hydrogen (secondary N) is 2. The average Bonchev–Trinajstić information content (AvgIpc) is 2.85. The third-order valence-electron chi connectivity index (χ3n) is 3.14. The summed E-state index contributed by atoms with van der Waals surface area (Å²) >= 11 is 23.1. The molecule has 0 aliphatic heterocycles. The van der Waals surface area contributed by atoms with Crippen molar-refractivity contribution in [1.82, 2.24) is 9.97 Å². The Morgan fingerprint density at radius 1 is 0.846 bits per heavy atom. The van der Waals surface area contributed by atoms with E-state index in [4.69, 9.17) is 57.9 Å². The van der Waals surface area contributed by atoms with Crippen molar-refractivity contribution in [2.45, 2.75) is 26.3 Å². The summed E-state index contributed by atoms with van der Waals surface area (Å²) < 4.78 is 0. The molecule has 140 valence electrons. The van der Waals surface area contributed by atoms with Crippen LogP contribution in [0.3, 0.4) is 0 Å². The molecule has 6 N–H and O–H groups in total. The maximum Gasteiger partial charge on any atom is 0.201 e. The molecule has 1 aromatic heterocycles. The number of rotatable bonds is 1. The first-order chi connectivity index (χ1) is 12.0. The highest BCUT2D eigenvalue weighted by molar-refractivity contribution is 6.43. The minimum absolute atomic E-state index is 0.0402. The smallest absolute Gasteiger partial charge is 0.201 e. The van der Waals surface area contributed by atoms with Crippen LogP contribution in [0, 0.1) is 0 Å². The fourth-order valence-corrected chi connectivity index (χ4v) is 2.66. The molecule has 0 saturated carbocycles. The van der Waals surface area contributed by atoms with Crippen molar-refractivity contribution < 1.29 is 0 Å². The number of H-pyrrole nitrogens is 1.